The van der Waals surface area contributed by atoms with Gasteiger partial charge in [-0.1, -0.05) is 23.7 Å². The summed E-state index contributed by atoms with van der Waals surface area (Å²) < 4.78 is 0. The zero-order valence-electron chi connectivity index (χ0n) is 9.82. The predicted molar refractivity (Wildman–Crippen MR) is 71.7 cm³/mol. The number of carbonyl (C=O) groups is 1. The first-order valence-electron chi connectivity index (χ1n) is 5.73. The maximum absolute atomic E-state index is 11.8. The number of halogens is 1. The summed E-state index contributed by atoms with van der Waals surface area (Å²) >= 11 is 5.80. The summed E-state index contributed by atoms with van der Waals surface area (Å²) in [5.74, 6) is 0.379. The molecule has 0 saturated carbocycles. The number of nitrogens with two attached hydrogens (primary N) is 1. The average molecular weight is 264 g/mol. The van der Waals surface area contributed by atoms with Crippen molar-refractivity contribution in [2.24, 2.45) is 0 Å². The van der Waals surface area contributed by atoms with E-state index < -0.39 is 0 Å². The van der Waals surface area contributed by atoms with E-state index in [9.17, 15) is 4.79 Å². The van der Waals surface area contributed by atoms with E-state index in [0.29, 0.717) is 17.9 Å². The monoisotopic (exact) mass is 263 g/mol. The highest BCUT2D eigenvalue weighted by molar-refractivity contribution is 6.30. The number of carbonyl (C=O) groups excluding carboxylic acids is 1. The second kappa shape index (κ2) is 5.69. The van der Waals surface area contributed by atoms with Gasteiger partial charge in [-0.05, 0) is 30.5 Å². The lowest BCUT2D eigenvalue weighted by atomic mass is 10.1. The molecule has 0 bridgehead atoms. The van der Waals surface area contributed by atoms with Gasteiger partial charge in [-0.25, -0.2) is 0 Å². The molecule has 18 heavy (non-hydrogen) atoms. The maximum atomic E-state index is 11.8. The zero-order valence-corrected chi connectivity index (χ0v) is 10.6. The lowest BCUT2D eigenvalue weighted by Gasteiger charge is -2.00. The van der Waals surface area contributed by atoms with Crippen molar-refractivity contribution < 1.29 is 4.79 Å². The molecule has 0 atom stereocenters. The molecule has 2 aromatic rings. The van der Waals surface area contributed by atoms with Gasteiger partial charge >= 0.3 is 0 Å². The Morgan fingerprint density at radius 2 is 2.06 bits per heavy atom. The Kier molecular flexibility index (Phi) is 3.99. The van der Waals surface area contributed by atoms with E-state index in [0.717, 1.165) is 17.9 Å². The predicted octanol–water partition coefficient (Wildman–Crippen LogP) is 2.85. The van der Waals surface area contributed by atoms with Crippen molar-refractivity contribution in [2.75, 3.05) is 5.73 Å². The van der Waals surface area contributed by atoms with Crippen LogP contribution in [-0.2, 0) is 6.42 Å². The van der Waals surface area contributed by atoms with Gasteiger partial charge < -0.3 is 5.73 Å². The third kappa shape index (κ3) is 3.34. The van der Waals surface area contributed by atoms with Crippen LogP contribution < -0.4 is 5.73 Å². The SMILES string of the molecule is Nc1cc(C(=O)CCCc2ccc(Cl)cc2)[nH]n1. The van der Waals surface area contributed by atoms with Crippen LogP contribution in [0, 0.1) is 0 Å². The van der Waals surface area contributed by atoms with Crippen LogP contribution in [0.25, 0.3) is 0 Å². The molecule has 0 amide bonds. The molecule has 1 heterocycles. The Bertz CT molecular complexity index is 533. The number of ketones is 1. The van der Waals surface area contributed by atoms with E-state index in [2.05, 4.69) is 10.2 Å². The van der Waals surface area contributed by atoms with Gasteiger partial charge in [0.15, 0.2) is 5.78 Å². The van der Waals surface area contributed by atoms with Crippen LogP contribution in [0.3, 0.4) is 0 Å². The number of benzene rings is 1. The van der Waals surface area contributed by atoms with E-state index in [1.54, 1.807) is 6.07 Å². The van der Waals surface area contributed by atoms with Crippen LogP contribution in [-0.4, -0.2) is 16.0 Å². The molecule has 5 heteroatoms. The Morgan fingerprint density at radius 1 is 1.33 bits per heavy atom. The molecule has 0 unspecified atom stereocenters. The van der Waals surface area contributed by atoms with Gasteiger partial charge in [0.2, 0.25) is 0 Å². The van der Waals surface area contributed by atoms with Gasteiger partial charge in [-0.2, -0.15) is 5.10 Å². The minimum atomic E-state index is 0.0353. The average Bonchev–Trinajstić information content (AvgIpc) is 2.78. The highest BCUT2D eigenvalue weighted by Crippen LogP contribution is 2.13. The Balaban J connectivity index is 1.82. The van der Waals surface area contributed by atoms with E-state index in [-0.39, 0.29) is 5.78 Å². The van der Waals surface area contributed by atoms with Crippen LogP contribution in [0.15, 0.2) is 30.3 Å². The molecule has 0 radical (unpaired) electrons. The summed E-state index contributed by atoms with van der Waals surface area (Å²) in [5.41, 5.74) is 7.10. The van der Waals surface area contributed by atoms with Gasteiger partial charge in [0, 0.05) is 17.5 Å². The molecule has 0 spiro atoms. The van der Waals surface area contributed by atoms with E-state index >= 15 is 0 Å². The molecule has 94 valence electrons. The molecular weight excluding hydrogens is 250 g/mol. The smallest absolute Gasteiger partial charge is 0.180 e. The van der Waals surface area contributed by atoms with Crippen LogP contribution >= 0.6 is 11.6 Å². The number of anilines is 1. The quantitative estimate of drug-likeness (QED) is 0.815. The van der Waals surface area contributed by atoms with Crippen molar-refractivity contribution in [2.45, 2.75) is 19.3 Å². The standard InChI is InChI=1S/C13H14ClN3O/c14-10-6-4-9(5-7-10)2-1-3-12(18)11-8-13(15)17-16-11/h4-8H,1-3H2,(H3,15,16,17). The first kappa shape index (κ1) is 12.6. The van der Waals surface area contributed by atoms with E-state index in [4.69, 9.17) is 17.3 Å². The van der Waals surface area contributed by atoms with Gasteiger partial charge in [-0.3, -0.25) is 9.89 Å². The number of rotatable bonds is 5. The van der Waals surface area contributed by atoms with Crippen LogP contribution in [0.1, 0.15) is 28.9 Å². The molecule has 3 N–H and O–H groups in total. The molecule has 0 aliphatic carbocycles. The highest BCUT2D eigenvalue weighted by atomic mass is 35.5. The molecule has 1 aromatic heterocycles. The van der Waals surface area contributed by atoms with Crippen molar-refractivity contribution in [1.29, 1.82) is 0 Å². The lowest BCUT2D eigenvalue weighted by Crippen LogP contribution is -2.00. The molecule has 1 aromatic carbocycles. The number of H-pyrrole nitrogens is 1. The third-order valence-corrected chi connectivity index (χ3v) is 2.93. The largest absolute Gasteiger partial charge is 0.382 e. The fourth-order valence-corrected chi connectivity index (χ4v) is 1.84. The van der Waals surface area contributed by atoms with Crippen molar-refractivity contribution in [3.63, 3.8) is 0 Å². The third-order valence-electron chi connectivity index (χ3n) is 2.68. The van der Waals surface area contributed by atoms with Gasteiger partial charge in [0.05, 0.1) is 0 Å². The van der Waals surface area contributed by atoms with Crippen LogP contribution in [0.5, 0.6) is 0 Å². The summed E-state index contributed by atoms with van der Waals surface area (Å²) in [6.07, 6.45) is 2.12. The maximum Gasteiger partial charge on any atom is 0.180 e. The lowest BCUT2D eigenvalue weighted by molar-refractivity contribution is 0.0975. The highest BCUT2D eigenvalue weighted by Gasteiger charge is 2.08. The molecule has 4 nitrogen and oxygen atoms in total. The number of nitrogens with zero attached hydrogens (tertiary/aromatic N) is 1. The summed E-state index contributed by atoms with van der Waals surface area (Å²) in [6, 6.07) is 9.22. The minimum Gasteiger partial charge on any atom is -0.382 e. The van der Waals surface area contributed by atoms with Crippen molar-refractivity contribution in [3.8, 4) is 0 Å². The molecular formula is C13H14ClN3O. The van der Waals surface area contributed by atoms with Gasteiger partial charge in [-0.15, -0.1) is 0 Å². The van der Waals surface area contributed by atoms with Crippen LogP contribution in [0.4, 0.5) is 5.82 Å². The van der Waals surface area contributed by atoms with Gasteiger partial charge in [0.1, 0.15) is 11.5 Å². The molecule has 0 aliphatic heterocycles. The number of aromatic nitrogens is 2. The number of nitrogen functional groups attached to an aromatic ring is 1. The molecule has 0 fully saturated rings. The van der Waals surface area contributed by atoms with Crippen LogP contribution in [0.2, 0.25) is 5.02 Å². The number of aryl methyl sites for hydroxylation is 1. The Morgan fingerprint density at radius 3 is 2.67 bits per heavy atom. The summed E-state index contributed by atoms with van der Waals surface area (Å²) in [4.78, 5) is 11.8. The normalized spacial score (nSPS) is 10.5. The van der Waals surface area contributed by atoms with E-state index in [1.165, 1.54) is 5.56 Å². The van der Waals surface area contributed by atoms with Crippen molar-refractivity contribution in [3.05, 3.63) is 46.6 Å². The van der Waals surface area contributed by atoms with Crippen molar-refractivity contribution >= 4 is 23.2 Å². The van der Waals surface area contributed by atoms with E-state index in [1.807, 2.05) is 24.3 Å². The first-order valence-corrected chi connectivity index (χ1v) is 6.11. The fraction of sp³-hybridized carbons (Fsp3) is 0.231. The van der Waals surface area contributed by atoms with Gasteiger partial charge in [0.25, 0.3) is 0 Å². The minimum absolute atomic E-state index is 0.0353. The second-order valence-corrected chi connectivity index (χ2v) is 4.55. The number of aromatic amines is 1. The number of Topliss-reactive ketones (excluding diaryl/α,β-unsaturated/α-hetero) is 1. The number of hydrogen-bond acceptors (Lipinski definition) is 3. The second-order valence-electron chi connectivity index (χ2n) is 4.11. The topological polar surface area (TPSA) is 71.8 Å². The Labute approximate surface area is 110 Å². The fourth-order valence-electron chi connectivity index (χ4n) is 1.72. The summed E-state index contributed by atoms with van der Waals surface area (Å²) in [7, 11) is 0. The number of nitrogens with one attached hydrogen (secondary N) is 1. The molecule has 0 saturated heterocycles. The number of hydrogen-bond donors (Lipinski definition) is 2. The first-order chi connectivity index (χ1) is 8.65. The Hall–Kier alpha value is -1.81. The molecule has 0 aliphatic rings. The summed E-state index contributed by atoms with van der Waals surface area (Å²) in [5, 5.41) is 7.08. The zero-order chi connectivity index (χ0) is 13.0. The summed E-state index contributed by atoms with van der Waals surface area (Å²) in [6.45, 7) is 0. The van der Waals surface area contributed by atoms with Crippen molar-refractivity contribution in [1.82, 2.24) is 10.2 Å². The molecule has 2 rings (SSSR count).